The second-order valence-corrected chi connectivity index (χ2v) is 4.99. The summed E-state index contributed by atoms with van der Waals surface area (Å²) in [4.78, 5) is 2.14. The summed E-state index contributed by atoms with van der Waals surface area (Å²) < 4.78 is 0. The van der Waals surface area contributed by atoms with Gasteiger partial charge in [-0.25, -0.2) is 0 Å². The van der Waals surface area contributed by atoms with Crippen LogP contribution in [0.15, 0.2) is 59.2 Å². The standard InChI is InChI=1S/C14H17NS2/c1-3-12(10-11(2)15)6-4-7-13(16)14-8-5-9-17-14/h3-10,16H,15H2,1-2H3/b6-4+,11-10-,12-3-,13-7-. The van der Waals surface area contributed by atoms with Gasteiger partial charge in [-0.2, -0.15) is 0 Å². The predicted octanol–water partition coefficient (Wildman–Crippen LogP) is 4.38. The molecular weight excluding hydrogens is 246 g/mol. The maximum Gasteiger partial charge on any atom is 0.0403 e. The zero-order valence-corrected chi connectivity index (χ0v) is 11.8. The van der Waals surface area contributed by atoms with Gasteiger partial charge in [-0.3, -0.25) is 0 Å². The summed E-state index contributed by atoms with van der Waals surface area (Å²) in [5.41, 5.74) is 7.53. The molecule has 1 aromatic heterocycles. The highest BCUT2D eigenvalue weighted by Gasteiger charge is 1.94. The molecule has 0 aliphatic carbocycles. The van der Waals surface area contributed by atoms with Crippen molar-refractivity contribution in [2.45, 2.75) is 13.8 Å². The molecule has 1 nitrogen and oxygen atoms in total. The molecule has 0 saturated heterocycles. The van der Waals surface area contributed by atoms with Crippen molar-refractivity contribution in [1.82, 2.24) is 0 Å². The fourth-order valence-electron chi connectivity index (χ4n) is 1.25. The third-order valence-electron chi connectivity index (χ3n) is 2.04. The minimum atomic E-state index is 0.802. The van der Waals surface area contributed by atoms with Gasteiger partial charge in [0.25, 0.3) is 0 Å². The zero-order valence-electron chi connectivity index (χ0n) is 10.1. The van der Waals surface area contributed by atoms with Crippen molar-refractivity contribution in [3.8, 4) is 0 Å². The molecule has 0 aliphatic heterocycles. The van der Waals surface area contributed by atoms with E-state index < -0.39 is 0 Å². The normalized spacial score (nSPS) is 14.6. The van der Waals surface area contributed by atoms with Crippen molar-refractivity contribution in [2.24, 2.45) is 5.73 Å². The molecule has 0 unspecified atom stereocenters. The van der Waals surface area contributed by atoms with E-state index in [1.54, 1.807) is 11.3 Å². The highest BCUT2D eigenvalue weighted by atomic mass is 32.1. The fourth-order valence-corrected chi connectivity index (χ4v) is 2.22. The van der Waals surface area contributed by atoms with E-state index in [4.69, 9.17) is 5.73 Å². The minimum absolute atomic E-state index is 0.802. The average Bonchev–Trinajstić information content (AvgIpc) is 2.80. The number of hydrogen-bond acceptors (Lipinski definition) is 3. The van der Waals surface area contributed by atoms with Gasteiger partial charge in [0, 0.05) is 15.5 Å². The largest absolute Gasteiger partial charge is 0.402 e. The molecule has 2 N–H and O–H groups in total. The monoisotopic (exact) mass is 263 g/mol. The van der Waals surface area contributed by atoms with Crippen molar-refractivity contribution in [3.05, 3.63) is 64.0 Å². The SMILES string of the molecule is C/C=C(\C=C(\C)N)/C=C/C=C(\S)c1cccs1. The van der Waals surface area contributed by atoms with Gasteiger partial charge in [0.1, 0.15) is 0 Å². The first-order valence-electron chi connectivity index (χ1n) is 5.34. The van der Waals surface area contributed by atoms with Gasteiger partial charge in [-0.05, 0) is 43.0 Å². The summed E-state index contributed by atoms with van der Waals surface area (Å²) in [6.07, 6.45) is 9.94. The van der Waals surface area contributed by atoms with E-state index in [0.29, 0.717) is 0 Å². The lowest BCUT2D eigenvalue weighted by atomic mass is 10.2. The Labute approximate surface area is 112 Å². The van der Waals surface area contributed by atoms with Crippen molar-refractivity contribution < 1.29 is 0 Å². The van der Waals surface area contributed by atoms with E-state index in [-0.39, 0.29) is 0 Å². The highest BCUT2D eigenvalue weighted by molar-refractivity contribution is 7.90. The van der Waals surface area contributed by atoms with Crippen LogP contribution in [-0.2, 0) is 0 Å². The van der Waals surface area contributed by atoms with E-state index >= 15 is 0 Å². The average molecular weight is 263 g/mol. The number of rotatable bonds is 4. The summed E-state index contributed by atoms with van der Waals surface area (Å²) in [7, 11) is 0. The first-order chi connectivity index (χ1) is 8.13. The Hall–Kier alpha value is -1.19. The lowest BCUT2D eigenvalue weighted by Gasteiger charge is -1.95. The maximum atomic E-state index is 5.64. The third-order valence-corrected chi connectivity index (χ3v) is 3.49. The molecule has 90 valence electrons. The van der Waals surface area contributed by atoms with Crippen molar-refractivity contribution in [3.63, 3.8) is 0 Å². The summed E-state index contributed by atoms with van der Waals surface area (Å²) in [6.45, 7) is 3.87. The van der Waals surface area contributed by atoms with E-state index in [2.05, 4.69) is 18.7 Å². The van der Waals surface area contributed by atoms with E-state index in [9.17, 15) is 0 Å². The molecule has 17 heavy (non-hydrogen) atoms. The molecule has 1 heterocycles. The summed E-state index contributed by atoms with van der Waals surface area (Å²) in [6, 6.07) is 4.07. The summed E-state index contributed by atoms with van der Waals surface area (Å²) in [5, 5.41) is 2.04. The number of allylic oxidation sites excluding steroid dienone is 7. The second-order valence-electron chi connectivity index (χ2n) is 3.57. The predicted molar refractivity (Wildman–Crippen MR) is 82.1 cm³/mol. The lowest BCUT2D eigenvalue weighted by Crippen LogP contribution is -1.90. The number of thiol groups is 1. The van der Waals surface area contributed by atoms with Crippen molar-refractivity contribution in [2.75, 3.05) is 0 Å². The van der Waals surface area contributed by atoms with Gasteiger partial charge in [-0.1, -0.05) is 24.3 Å². The molecule has 3 heteroatoms. The molecule has 0 aromatic carbocycles. The van der Waals surface area contributed by atoms with Gasteiger partial charge in [-0.15, -0.1) is 24.0 Å². The molecular formula is C14H17NS2. The van der Waals surface area contributed by atoms with Crippen LogP contribution in [0.4, 0.5) is 0 Å². The molecule has 0 aliphatic rings. The van der Waals surface area contributed by atoms with Crippen LogP contribution in [0.2, 0.25) is 0 Å². The van der Waals surface area contributed by atoms with Crippen LogP contribution in [0.1, 0.15) is 18.7 Å². The van der Waals surface area contributed by atoms with Crippen LogP contribution < -0.4 is 5.73 Å². The van der Waals surface area contributed by atoms with Crippen LogP contribution in [0.5, 0.6) is 0 Å². The van der Waals surface area contributed by atoms with Crippen LogP contribution >= 0.6 is 24.0 Å². The minimum Gasteiger partial charge on any atom is -0.402 e. The molecule has 0 amide bonds. The van der Waals surface area contributed by atoms with Gasteiger partial charge >= 0.3 is 0 Å². The van der Waals surface area contributed by atoms with E-state index in [1.165, 1.54) is 4.88 Å². The molecule has 0 saturated carbocycles. The second kappa shape index (κ2) is 7.20. The Kier molecular flexibility index (Phi) is 5.87. The van der Waals surface area contributed by atoms with Crippen LogP contribution in [0, 0.1) is 0 Å². The third kappa shape index (κ3) is 5.11. The Bertz CT molecular complexity index is 458. The Morgan fingerprint density at radius 1 is 1.47 bits per heavy atom. The molecule has 1 rings (SSSR count). The lowest BCUT2D eigenvalue weighted by molar-refractivity contribution is 1.30. The first-order valence-corrected chi connectivity index (χ1v) is 6.67. The molecule has 0 bridgehead atoms. The van der Waals surface area contributed by atoms with E-state index in [0.717, 1.165) is 16.2 Å². The molecule has 0 fully saturated rings. The van der Waals surface area contributed by atoms with Crippen LogP contribution in [0.25, 0.3) is 4.91 Å². The topological polar surface area (TPSA) is 26.0 Å². The van der Waals surface area contributed by atoms with Crippen molar-refractivity contribution in [1.29, 1.82) is 0 Å². The molecule has 1 aromatic rings. The Balaban J connectivity index is 2.72. The van der Waals surface area contributed by atoms with E-state index in [1.807, 2.05) is 55.7 Å². The summed E-state index contributed by atoms with van der Waals surface area (Å²) in [5.74, 6) is 0. The zero-order chi connectivity index (χ0) is 12.7. The van der Waals surface area contributed by atoms with Gasteiger partial charge < -0.3 is 5.73 Å². The van der Waals surface area contributed by atoms with Gasteiger partial charge in [0.2, 0.25) is 0 Å². The number of thiophene rings is 1. The van der Waals surface area contributed by atoms with Crippen LogP contribution in [0.3, 0.4) is 0 Å². The quantitative estimate of drug-likeness (QED) is 0.612. The van der Waals surface area contributed by atoms with Crippen molar-refractivity contribution >= 4 is 28.9 Å². The van der Waals surface area contributed by atoms with Gasteiger partial charge in [0.15, 0.2) is 0 Å². The van der Waals surface area contributed by atoms with Gasteiger partial charge in [0.05, 0.1) is 0 Å². The first kappa shape index (κ1) is 13.9. The smallest absolute Gasteiger partial charge is 0.0403 e. The highest BCUT2D eigenvalue weighted by Crippen LogP contribution is 2.23. The molecule has 0 radical (unpaired) electrons. The Morgan fingerprint density at radius 3 is 2.76 bits per heavy atom. The van der Waals surface area contributed by atoms with Crippen LogP contribution in [-0.4, -0.2) is 0 Å². The molecule has 0 atom stereocenters. The summed E-state index contributed by atoms with van der Waals surface area (Å²) >= 11 is 6.13. The number of nitrogens with two attached hydrogens (primary N) is 1. The number of hydrogen-bond donors (Lipinski definition) is 2. The molecule has 0 spiro atoms. The maximum absolute atomic E-state index is 5.64. The fraction of sp³-hybridized carbons (Fsp3) is 0.143. The Morgan fingerprint density at radius 2 is 2.24 bits per heavy atom.